The van der Waals surface area contributed by atoms with Gasteiger partial charge in [-0.15, -0.1) is 0 Å². The van der Waals surface area contributed by atoms with Crippen LogP contribution in [0.4, 0.5) is 0 Å². The Hall–Kier alpha value is -4.80. The molecule has 1 aromatic heterocycles. The first-order chi connectivity index (χ1) is 32.6. The summed E-state index contributed by atoms with van der Waals surface area (Å²) in [7, 11) is -5.10. The smallest absolute Gasteiger partial charge is 0.394 e. The van der Waals surface area contributed by atoms with Crippen LogP contribution in [0.2, 0.25) is 0 Å². The summed E-state index contributed by atoms with van der Waals surface area (Å²) < 4.78 is 24.2. The molecule has 5 rings (SSSR count). The van der Waals surface area contributed by atoms with Crippen LogP contribution in [0.1, 0.15) is 103 Å². The Morgan fingerprint density at radius 2 is 1.58 bits per heavy atom. The van der Waals surface area contributed by atoms with Crippen molar-refractivity contribution < 1.29 is 67.7 Å². The van der Waals surface area contributed by atoms with Crippen molar-refractivity contribution in [3.8, 4) is 0 Å². The lowest BCUT2D eigenvalue weighted by atomic mass is 10.0. The van der Waals surface area contributed by atoms with E-state index < -0.39 is 104 Å². The van der Waals surface area contributed by atoms with Crippen molar-refractivity contribution in [1.82, 2.24) is 35.7 Å². The maximum absolute atomic E-state index is 14.6. The van der Waals surface area contributed by atoms with Crippen LogP contribution < -0.4 is 27.0 Å². The fourth-order valence-corrected chi connectivity index (χ4v) is 9.99. The minimum atomic E-state index is -5.10. The van der Waals surface area contributed by atoms with Crippen LogP contribution >= 0.6 is 7.82 Å². The fraction of sp³-hybridized carbons (Fsp3) is 0.674. The number of imidazole rings is 1. The lowest BCUT2D eigenvalue weighted by Crippen LogP contribution is -2.63. The first-order valence-electron chi connectivity index (χ1n) is 23.8. The van der Waals surface area contributed by atoms with Crippen LogP contribution in [0.5, 0.6) is 0 Å². The van der Waals surface area contributed by atoms with Gasteiger partial charge >= 0.3 is 7.82 Å². The Bertz CT molecular complexity index is 2150. The van der Waals surface area contributed by atoms with Gasteiger partial charge in [-0.05, 0) is 62.8 Å². The lowest BCUT2D eigenvalue weighted by Gasteiger charge is -2.29. The molecule has 11 atom stereocenters. The van der Waals surface area contributed by atoms with Crippen LogP contribution in [0.25, 0.3) is 0 Å². The van der Waals surface area contributed by atoms with E-state index in [1.165, 1.54) is 17.4 Å². The predicted molar refractivity (Wildman–Crippen MR) is 248 cm³/mol. The molecule has 0 radical (unpaired) electrons. The number of nitrogens with two attached hydrogens (primary N) is 1. The first-order valence-corrected chi connectivity index (χ1v) is 25.3. The Morgan fingerprint density at radius 1 is 0.928 bits per heavy atom. The summed E-state index contributed by atoms with van der Waals surface area (Å²) in [6.45, 7) is 5.39. The molecule has 3 aliphatic rings. The van der Waals surface area contributed by atoms with Gasteiger partial charge in [0.1, 0.15) is 41.4 Å². The summed E-state index contributed by atoms with van der Waals surface area (Å²) in [4.78, 5) is 97.8. The standard InChI is InChI=1S/C46H71N8O14P/c1-28(2)33-22-45(33,52-42(62)35-18-14-20-54(35)30(4)56)43(63)49-34(21-32-24-48-27-53(32)19-13-8-6-5-7-10-15-31-16-11-9-12-17-31)41(61)51-46(23-38(46)59)44(64)50-39(40(47)60)29(3)68-69(65,66)67-26-37(58)36(57)25-55/h9,11-12,16-17,24,27-29,33-39,55,57-59H,5-8,10,13-15,18-23,25-26H2,1-4H3,(H2,47,60)(H,49,63)(H,50,64)(H,51,61)(H,52,62)(H,65,66)/t29-,33?,34+,35+,36-,37-,38?,39+,45?,46-/m1/s1. The molecule has 6 amide bonds. The van der Waals surface area contributed by atoms with Crippen molar-refractivity contribution in [3.63, 3.8) is 0 Å². The summed E-state index contributed by atoms with van der Waals surface area (Å²) in [5.74, 6) is -5.09. The summed E-state index contributed by atoms with van der Waals surface area (Å²) in [5.41, 5.74) is 3.93. The van der Waals surface area contributed by atoms with E-state index in [1.54, 1.807) is 12.5 Å². The SMILES string of the molecule is CC(=O)N1CCC[C@H]1C(=O)NC1(C(=O)N[C@@H](Cc2cncn2CCCCCCCCc2ccccc2)C(=O)N[C@]2(C(=O)N[C@H](C(N)=O)[C@@H](C)OP(=O)(O)OC[C@@H](O)[C@H](O)CO)CC2O)CC1C(C)C. The van der Waals surface area contributed by atoms with Gasteiger partial charge in [-0.1, -0.05) is 69.9 Å². The number of nitrogens with zero attached hydrogens (tertiary/aromatic N) is 3. The molecule has 0 bridgehead atoms. The molecule has 0 spiro atoms. The van der Waals surface area contributed by atoms with Gasteiger partial charge in [0, 0.05) is 44.7 Å². The minimum Gasteiger partial charge on any atom is -0.394 e. The molecule has 2 heterocycles. The van der Waals surface area contributed by atoms with Crippen molar-refractivity contribution in [3.05, 3.63) is 54.1 Å². The monoisotopic (exact) mass is 990 g/mol. The summed E-state index contributed by atoms with van der Waals surface area (Å²) in [6.07, 6.45) is 4.41. The Kier molecular flexibility index (Phi) is 19.5. The highest BCUT2D eigenvalue weighted by atomic mass is 31.2. The molecule has 11 N–H and O–H groups in total. The third-order valence-electron chi connectivity index (χ3n) is 13.4. The zero-order chi connectivity index (χ0) is 50.7. The zero-order valence-corrected chi connectivity index (χ0v) is 40.7. The number of hydrogen-bond acceptors (Lipinski definition) is 14. The van der Waals surface area contributed by atoms with Gasteiger partial charge in [0.05, 0.1) is 31.7 Å². The van der Waals surface area contributed by atoms with E-state index >= 15 is 0 Å². The highest BCUT2D eigenvalue weighted by Gasteiger charge is 2.64. The molecule has 23 heteroatoms. The van der Waals surface area contributed by atoms with Crippen LogP contribution in [-0.2, 0) is 61.8 Å². The number of carbonyl (C=O) groups excluding carboxylic acids is 6. The number of benzene rings is 1. The number of unbranched alkanes of at least 4 members (excludes halogenated alkanes) is 5. The highest BCUT2D eigenvalue weighted by molar-refractivity contribution is 7.47. The molecule has 1 aromatic carbocycles. The maximum Gasteiger partial charge on any atom is 0.472 e. The number of nitrogens with one attached hydrogen (secondary N) is 4. The molecule has 1 aliphatic heterocycles. The minimum absolute atomic E-state index is 0.0729. The number of primary amides is 1. The molecular formula is C46H71N8O14P. The molecule has 69 heavy (non-hydrogen) atoms. The van der Waals surface area contributed by atoms with E-state index in [9.17, 15) is 53.5 Å². The number of likely N-dealkylation sites (tertiary alicyclic amines) is 1. The quantitative estimate of drug-likeness (QED) is 0.0375. The molecule has 384 valence electrons. The third-order valence-corrected chi connectivity index (χ3v) is 14.5. The van der Waals surface area contributed by atoms with Gasteiger partial charge in [-0.3, -0.25) is 37.8 Å². The zero-order valence-electron chi connectivity index (χ0n) is 39.8. The highest BCUT2D eigenvalue weighted by Crippen LogP contribution is 2.49. The van der Waals surface area contributed by atoms with Crippen molar-refractivity contribution in [2.45, 2.75) is 165 Å². The van der Waals surface area contributed by atoms with E-state index in [-0.39, 0.29) is 37.0 Å². The maximum atomic E-state index is 14.6. The fourth-order valence-electron chi connectivity index (χ4n) is 9.04. The van der Waals surface area contributed by atoms with E-state index in [0.717, 1.165) is 51.9 Å². The molecule has 1 saturated heterocycles. The predicted octanol–water partition coefficient (Wildman–Crippen LogP) is -0.139. The number of phosphoric ester groups is 1. The number of aromatic nitrogens is 2. The molecule has 4 unspecified atom stereocenters. The average Bonchev–Trinajstić information content (AvgIpc) is 4.00. The molecule has 2 saturated carbocycles. The largest absolute Gasteiger partial charge is 0.472 e. The average molecular weight is 991 g/mol. The Balaban J connectivity index is 1.30. The molecule has 22 nitrogen and oxygen atoms in total. The number of phosphoric acid groups is 1. The van der Waals surface area contributed by atoms with Crippen LogP contribution in [0.15, 0.2) is 42.9 Å². The second-order valence-electron chi connectivity index (χ2n) is 19.0. The van der Waals surface area contributed by atoms with Crippen LogP contribution in [-0.4, -0.2) is 149 Å². The number of aryl methyl sites for hydroxylation is 2. The molecule has 3 fully saturated rings. The van der Waals surface area contributed by atoms with Crippen molar-refractivity contribution in [1.29, 1.82) is 0 Å². The molecule has 2 aromatic rings. The van der Waals surface area contributed by atoms with Gasteiger partial charge < -0.3 is 61.8 Å². The van der Waals surface area contributed by atoms with Crippen molar-refractivity contribution in [2.75, 3.05) is 19.8 Å². The Morgan fingerprint density at radius 3 is 2.19 bits per heavy atom. The van der Waals surface area contributed by atoms with Gasteiger partial charge in [0.2, 0.25) is 35.4 Å². The number of rotatable bonds is 29. The summed E-state index contributed by atoms with van der Waals surface area (Å²) in [6, 6.07) is 6.31. The number of hydrogen-bond donors (Lipinski definition) is 10. The van der Waals surface area contributed by atoms with Crippen molar-refractivity contribution >= 4 is 43.3 Å². The number of carbonyl (C=O) groups is 6. The lowest BCUT2D eigenvalue weighted by molar-refractivity contribution is -0.139. The van der Waals surface area contributed by atoms with Gasteiger partial charge in [-0.25, -0.2) is 9.55 Å². The summed E-state index contributed by atoms with van der Waals surface area (Å²) in [5, 5.41) is 49.8. The Labute approximate surface area is 402 Å². The van der Waals surface area contributed by atoms with E-state index in [0.29, 0.717) is 31.6 Å². The van der Waals surface area contributed by atoms with Crippen LogP contribution in [0.3, 0.4) is 0 Å². The van der Waals surface area contributed by atoms with Crippen LogP contribution in [0, 0.1) is 11.8 Å². The third kappa shape index (κ3) is 14.6. The van der Waals surface area contributed by atoms with Gasteiger partial charge in [-0.2, -0.15) is 0 Å². The normalized spacial score (nSPS) is 24.8. The molecular weight excluding hydrogens is 920 g/mol. The summed E-state index contributed by atoms with van der Waals surface area (Å²) >= 11 is 0. The topological polar surface area (TPSA) is 334 Å². The number of amides is 6. The number of aliphatic hydroxyl groups excluding tert-OH is 4. The van der Waals surface area contributed by atoms with E-state index in [1.807, 2.05) is 36.6 Å². The molecule has 2 aliphatic carbocycles. The second-order valence-corrected chi connectivity index (χ2v) is 20.4. The van der Waals surface area contributed by atoms with Gasteiger partial charge in [0.15, 0.2) is 0 Å². The van der Waals surface area contributed by atoms with Crippen molar-refractivity contribution in [2.24, 2.45) is 17.6 Å². The first kappa shape index (κ1) is 55.1. The van der Waals surface area contributed by atoms with E-state index in [2.05, 4.69) is 42.9 Å². The second kappa shape index (κ2) is 24.4. The van der Waals surface area contributed by atoms with E-state index in [4.69, 9.17) is 15.4 Å². The number of aliphatic hydroxyl groups is 4. The van der Waals surface area contributed by atoms with Gasteiger partial charge in [0.25, 0.3) is 0 Å².